The number of hydrogen-bond donors (Lipinski definition) is 3. The number of carboxylic acids is 1. The van der Waals surface area contributed by atoms with Gasteiger partial charge in [0.2, 0.25) is 10.0 Å². The fraction of sp³-hybridized carbons (Fsp3) is 0.667. The monoisotopic (exact) mass is 250 g/mol. The first kappa shape index (κ1) is 15.1. The van der Waals surface area contributed by atoms with Gasteiger partial charge in [0.05, 0.1) is 6.26 Å². The maximum absolute atomic E-state index is 10.7. The van der Waals surface area contributed by atoms with Crippen LogP contribution in [0.3, 0.4) is 0 Å². The topological polar surface area (TPSA) is 95.5 Å². The Bertz CT molecular complexity index is 349. The molecule has 0 aromatic heterocycles. The van der Waals surface area contributed by atoms with Crippen LogP contribution >= 0.6 is 0 Å². The summed E-state index contributed by atoms with van der Waals surface area (Å²) in [6.45, 7) is 2.94. The largest absolute Gasteiger partial charge is 0.478 e. The van der Waals surface area contributed by atoms with Crippen molar-refractivity contribution in [3.8, 4) is 0 Å². The van der Waals surface area contributed by atoms with E-state index in [0.29, 0.717) is 31.6 Å². The zero-order chi connectivity index (χ0) is 12.6. The summed E-state index contributed by atoms with van der Waals surface area (Å²) in [5, 5.41) is 11.6. The molecule has 0 radical (unpaired) electrons. The van der Waals surface area contributed by atoms with E-state index in [9.17, 15) is 13.2 Å². The van der Waals surface area contributed by atoms with Gasteiger partial charge in [-0.15, -0.1) is 0 Å². The summed E-state index contributed by atoms with van der Waals surface area (Å²) >= 11 is 0. The molecule has 7 heteroatoms. The smallest absolute Gasteiger partial charge is 0.331 e. The molecule has 0 aliphatic rings. The molecule has 0 rings (SSSR count). The summed E-state index contributed by atoms with van der Waals surface area (Å²) in [6.07, 6.45) is 3.15. The van der Waals surface area contributed by atoms with Gasteiger partial charge in [0.15, 0.2) is 0 Å². The van der Waals surface area contributed by atoms with Crippen molar-refractivity contribution < 1.29 is 18.3 Å². The normalized spacial score (nSPS) is 12.8. The summed E-state index contributed by atoms with van der Waals surface area (Å²) in [6, 6.07) is 0. The molecule has 0 saturated heterocycles. The summed E-state index contributed by atoms with van der Waals surface area (Å²) in [5.41, 5.74) is 0.351. The molecule has 0 amide bonds. The van der Waals surface area contributed by atoms with Gasteiger partial charge in [-0.25, -0.2) is 17.9 Å². The van der Waals surface area contributed by atoms with Gasteiger partial charge in [-0.05, 0) is 6.42 Å². The van der Waals surface area contributed by atoms with Crippen molar-refractivity contribution in [2.45, 2.75) is 13.3 Å². The molecular formula is C9H18N2O4S. The number of carbonyl (C=O) groups is 1. The van der Waals surface area contributed by atoms with Gasteiger partial charge in [0.1, 0.15) is 0 Å². The molecule has 0 bridgehead atoms. The first-order valence-electron chi connectivity index (χ1n) is 4.94. The summed E-state index contributed by atoms with van der Waals surface area (Å²) in [7, 11) is -3.15. The van der Waals surface area contributed by atoms with Crippen LogP contribution in [0.2, 0.25) is 0 Å². The molecule has 0 aliphatic heterocycles. The predicted molar refractivity (Wildman–Crippen MR) is 61.7 cm³/mol. The SMILES string of the molecule is CCC(=CCNCCNS(C)(=O)=O)C(=O)O. The van der Waals surface area contributed by atoms with Gasteiger partial charge in [0.25, 0.3) is 0 Å². The quantitative estimate of drug-likeness (QED) is 0.400. The second-order valence-electron chi connectivity index (χ2n) is 3.26. The van der Waals surface area contributed by atoms with Crippen LogP contribution < -0.4 is 10.0 Å². The zero-order valence-electron chi connectivity index (χ0n) is 9.49. The fourth-order valence-electron chi connectivity index (χ4n) is 1.01. The minimum atomic E-state index is -3.15. The molecule has 3 N–H and O–H groups in total. The molecule has 0 atom stereocenters. The van der Waals surface area contributed by atoms with Crippen LogP contribution in [0.15, 0.2) is 11.6 Å². The van der Waals surface area contributed by atoms with Gasteiger partial charge in [-0.3, -0.25) is 0 Å². The third-order valence-corrected chi connectivity index (χ3v) is 2.54. The van der Waals surface area contributed by atoms with E-state index in [1.165, 1.54) is 0 Å². The van der Waals surface area contributed by atoms with Crippen LogP contribution in [0.25, 0.3) is 0 Å². The van der Waals surface area contributed by atoms with E-state index >= 15 is 0 Å². The van der Waals surface area contributed by atoms with Crippen molar-refractivity contribution in [1.82, 2.24) is 10.0 Å². The van der Waals surface area contributed by atoms with Crippen molar-refractivity contribution in [3.63, 3.8) is 0 Å². The van der Waals surface area contributed by atoms with Gasteiger partial charge < -0.3 is 10.4 Å². The lowest BCUT2D eigenvalue weighted by atomic mass is 10.2. The number of rotatable bonds is 8. The zero-order valence-corrected chi connectivity index (χ0v) is 10.3. The first-order valence-corrected chi connectivity index (χ1v) is 6.83. The number of nitrogens with one attached hydrogen (secondary N) is 2. The average Bonchev–Trinajstić information content (AvgIpc) is 2.14. The Balaban J connectivity index is 3.71. The molecule has 0 saturated carbocycles. The van der Waals surface area contributed by atoms with Crippen LogP contribution in [0.1, 0.15) is 13.3 Å². The summed E-state index contributed by atoms with van der Waals surface area (Å²) in [5.74, 6) is -0.918. The van der Waals surface area contributed by atoms with Crippen molar-refractivity contribution in [1.29, 1.82) is 0 Å². The van der Waals surface area contributed by atoms with Crippen LogP contribution in [-0.4, -0.2) is 45.4 Å². The lowest BCUT2D eigenvalue weighted by Gasteiger charge is -2.03. The maximum atomic E-state index is 10.7. The predicted octanol–water partition coefficient (Wildman–Crippen LogP) is -0.454. The highest BCUT2D eigenvalue weighted by Gasteiger charge is 2.02. The maximum Gasteiger partial charge on any atom is 0.331 e. The molecule has 0 spiro atoms. The van der Waals surface area contributed by atoms with Gasteiger partial charge in [-0.1, -0.05) is 13.0 Å². The molecule has 16 heavy (non-hydrogen) atoms. The van der Waals surface area contributed by atoms with E-state index in [1.807, 2.05) is 0 Å². The molecule has 0 heterocycles. The summed E-state index contributed by atoms with van der Waals surface area (Å²) in [4.78, 5) is 10.6. The van der Waals surface area contributed by atoms with E-state index in [0.717, 1.165) is 6.26 Å². The third kappa shape index (κ3) is 8.39. The second-order valence-corrected chi connectivity index (χ2v) is 5.09. The molecule has 6 nitrogen and oxygen atoms in total. The van der Waals surface area contributed by atoms with Crippen molar-refractivity contribution in [2.24, 2.45) is 0 Å². The van der Waals surface area contributed by atoms with Crippen molar-refractivity contribution in [2.75, 3.05) is 25.9 Å². The van der Waals surface area contributed by atoms with Crippen LogP contribution in [0, 0.1) is 0 Å². The van der Waals surface area contributed by atoms with Gasteiger partial charge in [-0.2, -0.15) is 0 Å². The number of sulfonamides is 1. The number of carboxylic acid groups (broad SMARTS) is 1. The molecule has 0 unspecified atom stereocenters. The lowest BCUT2D eigenvalue weighted by Crippen LogP contribution is -2.31. The highest BCUT2D eigenvalue weighted by atomic mass is 32.2. The van der Waals surface area contributed by atoms with Crippen LogP contribution in [-0.2, 0) is 14.8 Å². The highest BCUT2D eigenvalue weighted by Crippen LogP contribution is 1.98. The minimum Gasteiger partial charge on any atom is -0.478 e. The standard InChI is InChI=1S/C9H18N2O4S/c1-3-8(9(12)13)4-5-10-6-7-11-16(2,14)15/h4,10-11H,3,5-7H2,1-2H3,(H,12,13). The Morgan fingerprint density at radius 1 is 1.38 bits per heavy atom. The van der Waals surface area contributed by atoms with Crippen LogP contribution in [0.5, 0.6) is 0 Å². The number of hydrogen-bond acceptors (Lipinski definition) is 4. The van der Waals surface area contributed by atoms with E-state index in [2.05, 4.69) is 10.0 Å². The van der Waals surface area contributed by atoms with Crippen molar-refractivity contribution in [3.05, 3.63) is 11.6 Å². The Labute approximate surface area is 95.8 Å². The molecule has 0 fully saturated rings. The Morgan fingerprint density at radius 2 is 2.00 bits per heavy atom. The van der Waals surface area contributed by atoms with Gasteiger partial charge in [0, 0.05) is 25.2 Å². The Hall–Kier alpha value is -0.920. The average molecular weight is 250 g/mol. The molecular weight excluding hydrogens is 232 g/mol. The third-order valence-electron chi connectivity index (χ3n) is 1.81. The molecule has 0 aromatic carbocycles. The summed E-state index contributed by atoms with van der Waals surface area (Å²) < 4.78 is 23.7. The highest BCUT2D eigenvalue weighted by molar-refractivity contribution is 7.88. The lowest BCUT2D eigenvalue weighted by molar-refractivity contribution is -0.132. The van der Waals surface area contributed by atoms with Crippen LogP contribution in [0.4, 0.5) is 0 Å². The molecule has 0 aliphatic carbocycles. The van der Waals surface area contributed by atoms with E-state index in [-0.39, 0.29) is 0 Å². The van der Waals surface area contributed by atoms with Crippen molar-refractivity contribution >= 4 is 16.0 Å². The second kappa shape index (κ2) is 7.37. The number of aliphatic carboxylic acids is 1. The minimum absolute atomic E-state index is 0.293. The van der Waals surface area contributed by atoms with E-state index in [4.69, 9.17) is 5.11 Å². The molecule has 94 valence electrons. The Kier molecular flexibility index (Phi) is 6.95. The Morgan fingerprint density at radius 3 is 2.44 bits per heavy atom. The molecule has 0 aromatic rings. The van der Waals surface area contributed by atoms with E-state index in [1.54, 1.807) is 13.0 Å². The van der Waals surface area contributed by atoms with E-state index < -0.39 is 16.0 Å². The van der Waals surface area contributed by atoms with Gasteiger partial charge >= 0.3 is 5.97 Å². The first-order chi connectivity index (χ1) is 7.37. The fourth-order valence-corrected chi connectivity index (χ4v) is 1.48.